The molecule has 2 unspecified atom stereocenters. The van der Waals surface area contributed by atoms with Crippen LogP contribution in [0.5, 0.6) is 0 Å². The quantitative estimate of drug-likeness (QED) is 0.548. The molecule has 2 aromatic carbocycles. The third kappa shape index (κ3) is 4.06. The van der Waals surface area contributed by atoms with Crippen molar-refractivity contribution < 1.29 is 0 Å². The predicted octanol–water partition coefficient (Wildman–Crippen LogP) is 6.19. The monoisotopic (exact) mass is 378 g/mol. The maximum absolute atomic E-state index is 4.70. The van der Waals surface area contributed by atoms with Crippen molar-refractivity contribution in [1.29, 1.82) is 0 Å². The van der Waals surface area contributed by atoms with Gasteiger partial charge in [0.2, 0.25) is 0 Å². The van der Waals surface area contributed by atoms with Crippen molar-refractivity contribution in [1.82, 2.24) is 0 Å². The Bertz CT molecular complexity index is 773. The van der Waals surface area contributed by atoms with Crippen LogP contribution in [0.15, 0.2) is 58.8 Å². The average molecular weight is 379 g/mol. The smallest absolute Gasteiger partial charge is 0.106 e. The first-order valence-electron chi connectivity index (χ1n) is 10.7. The van der Waals surface area contributed by atoms with E-state index in [2.05, 4.69) is 98.1 Å². The number of hydrogen-bond donors (Lipinski definition) is 0. The van der Waals surface area contributed by atoms with Gasteiger partial charge in [0.1, 0.15) is 5.54 Å². The lowest BCUT2D eigenvalue weighted by atomic mass is 9.86. The average Bonchev–Trinajstić information content (AvgIpc) is 3.14. The van der Waals surface area contributed by atoms with Gasteiger partial charge in [-0.3, -0.25) is 0 Å². The zero-order valence-electron chi connectivity index (χ0n) is 18.0. The molecular weight excluding hydrogens is 344 g/mol. The Hall–Kier alpha value is -2.36. The van der Waals surface area contributed by atoms with Crippen molar-refractivity contribution in [2.24, 2.45) is 10.2 Å². The van der Waals surface area contributed by atoms with Gasteiger partial charge in [0, 0.05) is 44.0 Å². The van der Waals surface area contributed by atoms with Crippen molar-refractivity contribution in [2.45, 2.75) is 52.6 Å². The molecule has 0 saturated carbocycles. The van der Waals surface area contributed by atoms with E-state index >= 15 is 0 Å². The van der Waals surface area contributed by atoms with E-state index < -0.39 is 0 Å². The van der Waals surface area contributed by atoms with Crippen LogP contribution < -0.4 is 9.80 Å². The van der Waals surface area contributed by atoms with Crippen LogP contribution in [0.3, 0.4) is 0 Å². The molecule has 0 spiro atoms. The number of hydrogen-bond acceptors (Lipinski definition) is 4. The van der Waals surface area contributed by atoms with Gasteiger partial charge in [-0.2, -0.15) is 10.2 Å². The second-order valence-electron chi connectivity index (χ2n) is 7.69. The number of rotatable bonds is 8. The van der Waals surface area contributed by atoms with Crippen LogP contribution in [0.25, 0.3) is 0 Å². The molecule has 2 atom stereocenters. The van der Waals surface area contributed by atoms with E-state index in [-0.39, 0.29) is 11.6 Å². The summed E-state index contributed by atoms with van der Waals surface area (Å²) in [5.41, 5.74) is 4.80. The van der Waals surface area contributed by atoms with E-state index in [1.54, 1.807) is 0 Å². The molecule has 1 aliphatic heterocycles. The van der Waals surface area contributed by atoms with Crippen molar-refractivity contribution in [3.63, 3.8) is 0 Å². The van der Waals surface area contributed by atoms with Crippen LogP contribution in [0.1, 0.15) is 58.2 Å². The molecule has 0 N–H and O–H groups in total. The fraction of sp³-hybridized carbons (Fsp3) is 0.500. The van der Waals surface area contributed by atoms with Crippen molar-refractivity contribution in [3.8, 4) is 0 Å². The number of nitrogens with zero attached hydrogens (tertiary/aromatic N) is 4. The van der Waals surface area contributed by atoms with Gasteiger partial charge in [-0.1, -0.05) is 24.3 Å². The Morgan fingerprint density at radius 2 is 1.25 bits per heavy atom. The molecule has 0 radical (unpaired) electrons. The Morgan fingerprint density at radius 1 is 0.786 bits per heavy atom. The van der Waals surface area contributed by atoms with Crippen LogP contribution in [-0.2, 0) is 5.54 Å². The highest BCUT2D eigenvalue weighted by molar-refractivity contribution is 5.50. The number of benzene rings is 2. The summed E-state index contributed by atoms with van der Waals surface area (Å²) in [7, 11) is 0. The molecule has 0 fully saturated rings. The Morgan fingerprint density at radius 3 is 1.71 bits per heavy atom. The summed E-state index contributed by atoms with van der Waals surface area (Å²) in [6, 6.07) is 17.9. The fourth-order valence-electron chi connectivity index (χ4n) is 4.13. The molecule has 4 heteroatoms. The fourth-order valence-corrected chi connectivity index (χ4v) is 4.13. The molecule has 2 aromatic rings. The SMILES string of the molecule is CCN(CC)c1ccc(C2CC(C)(c3ccc(N(CC)CC)cc3)N=N2)cc1. The van der Waals surface area contributed by atoms with E-state index in [9.17, 15) is 0 Å². The molecule has 28 heavy (non-hydrogen) atoms. The maximum atomic E-state index is 4.70. The van der Waals surface area contributed by atoms with Gasteiger partial charge in [-0.05, 0) is 70.0 Å². The Balaban J connectivity index is 1.73. The molecule has 0 aromatic heterocycles. The standard InChI is InChI=1S/C24H34N4/c1-6-27(7-2)21-14-10-19(11-15-21)23-18-24(5,26-25-23)20-12-16-22(17-13-20)28(8-3)9-4/h10-17,23H,6-9,18H2,1-5H3. The topological polar surface area (TPSA) is 31.2 Å². The van der Waals surface area contributed by atoms with E-state index in [0.717, 1.165) is 32.6 Å². The van der Waals surface area contributed by atoms with E-state index in [1.807, 2.05) is 0 Å². The molecule has 0 aliphatic carbocycles. The lowest BCUT2D eigenvalue weighted by Crippen LogP contribution is -2.22. The Labute approximate surface area is 170 Å². The van der Waals surface area contributed by atoms with Gasteiger partial charge in [0.25, 0.3) is 0 Å². The molecular formula is C24H34N4. The summed E-state index contributed by atoms with van der Waals surface area (Å²) >= 11 is 0. The van der Waals surface area contributed by atoms with Gasteiger partial charge < -0.3 is 9.80 Å². The van der Waals surface area contributed by atoms with Crippen molar-refractivity contribution >= 4 is 11.4 Å². The Kier molecular flexibility index (Phi) is 6.38. The summed E-state index contributed by atoms with van der Waals surface area (Å²) < 4.78 is 0. The minimum Gasteiger partial charge on any atom is -0.372 e. The van der Waals surface area contributed by atoms with Gasteiger partial charge in [0.05, 0.1) is 6.04 Å². The van der Waals surface area contributed by atoms with Crippen LogP contribution >= 0.6 is 0 Å². The van der Waals surface area contributed by atoms with Gasteiger partial charge in [-0.25, -0.2) is 0 Å². The third-order valence-corrected chi connectivity index (χ3v) is 6.03. The number of anilines is 2. The largest absolute Gasteiger partial charge is 0.372 e. The normalized spacial score (nSPS) is 21.1. The van der Waals surface area contributed by atoms with E-state index in [4.69, 9.17) is 5.11 Å². The van der Waals surface area contributed by atoms with Gasteiger partial charge >= 0.3 is 0 Å². The molecule has 1 aliphatic rings. The van der Waals surface area contributed by atoms with Crippen LogP contribution in [0, 0.1) is 0 Å². The third-order valence-electron chi connectivity index (χ3n) is 6.03. The molecule has 150 valence electrons. The van der Waals surface area contributed by atoms with E-state index in [1.165, 1.54) is 22.5 Å². The first-order valence-corrected chi connectivity index (χ1v) is 10.7. The van der Waals surface area contributed by atoms with Crippen LogP contribution in [0.2, 0.25) is 0 Å². The summed E-state index contributed by atoms with van der Waals surface area (Å²) in [5, 5.41) is 9.34. The maximum Gasteiger partial charge on any atom is 0.106 e. The van der Waals surface area contributed by atoms with Crippen LogP contribution in [0.4, 0.5) is 11.4 Å². The van der Waals surface area contributed by atoms with Crippen LogP contribution in [-0.4, -0.2) is 26.2 Å². The molecule has 4 nitrogen and oxygen atoms in total. The molecule has 0 amide bonds. The first-order chi connectivity index (χ1) is 13.5. The molecule has 3 rings (SSSR count). The highest BCUT2D eigenvalue weighted by Gasteiger charge is 2.36. The van der Waals surface area contributed by atoms with Crippen molar-refractivity contribution in [3.05, 3.63) is 59.7 Å². The summed E-state index contributed by atoms with van der Waals surface area (Å²) in [4.78, 5) is 4.73. The summed E-state index contributed by atoms with van der Waals surface area (Å²) in [5.74, 6) is 0. The lowest BCUT2D eigenvalue weighted by Gasteiger charge is -2.24. The van der Waals surface area contributed by atoms with E-state index in [0.29, 0.717) is 0 Å². The molecule has 1 heterocycles. The zero-order valence-corrected chi connectivity index (χ0v) is 18.0. The second-order valence-corrected chi connectivity index (χ2v) is 7.69. The summed E-state index contributed by atoms with van der Waals surface area (Å²) in [6.07, 6.45) is 0.919. The minimum atomic E-state index is -0.246. The predicted molar refractivity (Wildman–Crippen MR) is 120 cm³/mol. The lowest BCUT2D eigenvalue weighted by molar-refractivity contribution is 0.478. The highest BCUT2D eigenvalue weighted by atomic mass is 15.2. The van der Waals surface area contributed by atoms with Gasteiger partial charge in [0.15, 0.2) is 0 Å². The summed E-state index contributed by atoms with van der Waals surface area (Å²) in [6.45, 7) is 15.1. The highest BCUT2D eigenvalue weighted by Crippen LogP contribution is 2.43. The zero-order chi connectivity index (χ0) is 20.1. The number of azo groups is 1. The minimum absolute atomic E-state index is 0.137. The van der Waals surface area contributed by atoms with Gasteiger partial charge in [-0.15, -0.1) is 0 Å². The van der Waals surface area contributed by atoms with Crippen molar-refractivity contribution in [2.75, 3.05) is 36.0 Å². The molecule has 0 bridgehead atoms. The second kappa shape index (κ2) is 8.76. The molecule has 0 saturated heterocycles. The first kappa shape index (κ1) is 20.4.